The van der Waals surface area contributed by atoms with Gasteiger partial charge in [0.25, 0.3) is 5.69 Å². The molecule has 0 bridgehead atoms. The van der Waals surface area contributed by atoms with Crippen molar-refractivity contribution in [1.29, 1.82) is 0 Å². The molecule has 0 spiro atoms. The highest BCUT2D eigenvalue weighted by Gasteiger charge is 2.17. The van der Waals surface area contributed by atoms with E-state index in [0.717, 1.165) is 0 Å². The third-order valence-electron chi connectivity index (χ3n) is 2.86. The van der Waals surface area contributed by atoms with Gasteiger partial charge in [-0.05, 0) is 40.7 Å². The van der Waals surface area contributed by atoms with Crippen LogP contribution >= 0.6 is 0 Å². The number of carbonyl (C=O) groups excluding carboxylic acids is 1. The lowest BCUT2D eigenvalue weighted by Crippen LogP contribution is -2.38. The number of carbonyl (C=O) groups is 1. The van der Waals surface area contributed by atoms with E-state index < -0.39 is 16.6 Å². The van der Waals surface area contributed by atoms with E-state index in [1.165, 1.54) is 6.07 Å². The Morgan fingerprint density at radius 2 is 2.05 bits per heavy atom. The largest absolute Gasteiger partial charge is 0.444 e. The summed E-state index contributed by atoms with van der Waals surface area (Å²) in [5.41, 5.74) is 0.763. The van der Waals surface area contributed by atoms with Crippen molar-refractivity contribution in [3.8, 4) is 0 Å². The first-order valence-electron chi connectivity index (χ1n) is 7.07. The monoisotopic (exact) mass is 309 g/mol. The van der Waals surface area contributed by atoms with Gasteiger partial charge in [0.1, 0.15) is 5.60 Å². The van der Waals surface area contributed by atoms with Crippen molar-refractivity contribution in [3.63, 3.8) is 0 Å². The van der Waals surface area contributed by atoms with Crippen molar-refractivity contribution < 1.29 is 14.5 Å². The number of ether oxygens (including phenoxy) is 1. The highest BCUT2D eigenvalue weighted by molar-refractivity contribution is 5.68. The molecule has 122 valence electrons. The van der Waals surface area contributed by atoms with Gasteiger partial charge in [0, 0.05) is 29.9 Å². The molecule has 0 fully saturated rings. The van der Waals surface area contributed by atoms with Crippen molar-refractivity contribution in [2.75, 3.05) is 11.9 Å². The molecule has 1 amide bonds. The minimum absolute atomic E-state index is 0.0669. The second kappa shape index (κ2) is 7.11. The number of amides is 1. The first kappa shape index (κ1) is 17.7. The smallest absolute Gasteiger partial charge is 0.407 e. The summed E-state index contributed by atoms with van der Waals surface area (Å²) in [4.78, 5) is 22.1. The average Bonchev–Trinajstić information content (AvgIpc) is 2.36. The summed E-state index contributed by atoms with van der Waals surface area (Å²) in [5, 5.41) is 16.7. The number of nitrogens with one attached hydrogen (secondary N) is 2. The molecule has 22 heavy (non-hydrogen) atoms. The average molecular weight is 309 g/mol. The molecule has 7 nitrogen and oxygen atoms in total. The molecule has 1 aromatic carbocycles. The van der Waals surface area contributed by atoms with Gasteiger partial charge >= 0.3 is 6.09 Å². The number of anilines is 1. The van der Waals surface area contributed by atoms with Crippen LogP contribution in [0.2, 0.25) is 0 Å². The Hall–Kier alpha value is -2.31. The van der Waals surface area contributed by atoms with Gasteiger partial charge in [0.2, 0.25) is 0 Å². The number of nitro groups is 1. The summed E-state index contributed by atoms with van der Waals surface area (Å²) in [7, 11) is 0. The standard InChI is InChI=1S/C15H23N3O4/c1-10(9-16-14(19)22-15(3,4)5)17-12-7-6-8-13(11(12)2)18(20)21/h6-8,10,17H,9H2,1-5H3,(H,16,19). The van der Waals surface area contributed by atoms with E-state index in [2.05, 4.69) is 10.6 Å². The highest BCUT2D eigenvalue weighted by atomic mass is 16.6. The molecule has 0 aromatic heterocycles. The molecule has 1 rings (SSSR count). The van der Waals surface area contributed by atoms with Crippen molar-refractivity contribution >= 4 is 17.5 Å². The van der Waals surface area contributed by atoms with Crippen LogP contribution in [-0.2, 0) is 4.74 Å². The number of alkyl carbamates (subject to hydrolysis) is 1. The van der Waals surface area contributed by atoms with Crippen LogP contribution in [0.15, 0.2) is 18.2 Å². The molecule has 0 saturated heterocycles. The lowest BCUT2D eigenvalue weighted by atomic mass is 10.1. The fraction of sp³-hybridized carbons (Fsp3) is 0.533. The van der Waals surface area contributed by atoms with E-state index in [1.54, 1.807) is 39.8 Å². The van der Waals surface area contributed by atoms with E-state index in [-0.39, 0.29) is 11.7 Å². The summed E-state index contributed by atoms with van der Waals surface area (Å²) >= 11 is 0. The number of hydrogen-bond acceptors (Lipinski definition) is 5. The minimum atomic E-state index is -0.544. The predicted octanol–water partition coefficient (Wildman–Crippen LogP) is 3.23. The van der Waals surface area contributed by atoms with Gasteiger partial charge in [-0.3, -0.25) is 10.1 Å². The molecule has 0 aliphatic carbocycles. The molecule has 1 unspecified atom stereocenters. The van der Waals surface area contributed by atoms with Crippen molar-refractivity contribution in [2.45, 2.75) is 46.3 Å². The maximum Gasteiger partial charge on any atom is 0.407 e. The van der Waals surface area contributed by atoms with Crippen LogP contribution in [0.1, 0.15) is 33.3 Å². The van der Waals surface area contributed by atoms with Gasteiger partial charge in [-0.2, -0.15) is 0 Å². The number of benzene rings is 1. The fourth-order valence-corrected chi connectivity index (χ4v) is 1.84. The van der Waals surface area contributed by atoms with Crippen molar-refractivity contribution in [3.05, 3.63) is 33.9 Å². The Morgan fingerprint density at radius 3 is 2.59 bits per heavy atom. The highest BCUT2D eigenvalue weighted by Crippen LogP contribution is 2.25. The molecule has 0 radical (unpaired) electrons. The molecular formula is C15H23N3O4. The van der Waals surface area contributed by atoms with E-state index in [9.17, 15) is 14.9 Å². The third-order valence-corrected chi connectivity index (χ3v) is 2.86. The molecular weight excluding hydrogens is 286 g/mol. The number of nitro benzene ring substituents is 1. The SMILES string of the molecule is Cc1c(NC(C)CNC(=O)OC(C)(C)C)cccc1[N+](=O)[O-]. The van der Waals surface area contributed by atoms with Gasteiger partial charge in [-0.25, -0.2) is 4.79 Å². The van der Waals surface area contributed by atoms with Crippen LogP contribution in [0.3, 0.4) is 0 Å². The van der Waals surface area contributed by atoms with Crippen LogP contribution < -0.4 is 10.6 Å². The molecule has 2 N–H and O–H groups in total. The third kappa shape index (κ3) is 5.59. The van der Waals surface area contributed by atoms with Crippen LogP contribution in [0.4, 0.5) is 16.2 Å². The minimum Gasteiger partial charge on any atom is -0.444 e. The van der Waals surface area contributed by atoms with Gasteiger partial charge < -0.3 is 15.4 Å². The molecule has 0 aliphatic rings. The summed E-state index contributed by atoms with van der Waals surface area (Å²) in [6.07, 6.45) is -0.489. The Bertz CT molecular complexity index is 552. The maximum absolute atomic E-state index is 11.6. The normalized spacial score (nSPS) is 12.4. The molecule has 1 atom stereocenters. The summed E-state index contributed by atoms with van der Waals surface area (Å²) in [6.45, 7) is 9.28. The molecule has 0 heterocycles. The zero-order valence-electron chi connectivity index (χ0n) is 13.6. The van der Waals surface area contributed by atoms with Gasteiger partial charge in [0.15, 0.2) is 0 Å². The number of hydrogen-bond donors (Lipinski definition) is 2. The van der Waals surface area contributed by atoms with Crippen LogP contribution in [0, 0.1) is 17.0 Å². The van der Waals surface area contributed by atoms with Crippen molar-refractivity contribution in [1.82, 2.24) is 5.32 Å². The molecule has 1 aromatic rings. The van der Waals surface area contributed by atoms with Crippen LogP contribution in [0.25, 0.3) is 0 Å². The predicted molar refractivity (Wildman–Crippen MR) is 85.2 cm³/mol. The van der Waals surface area contributed by atoms with E-state index in [1.807, 2.05) is 6.92 Å². The van der Waals surface area contributed by atoms with Crippen LogP contribution in [-0.4, -0.2) is 29.2 Å². The summed E-state index contributed by atoms with van der Waals surface area (Å²) in [6, 6.07) is 4.76. The van der Waals surface area contributed by atoms with Crippen molar-refractivity contribution in [2.24, 2.45) is 0 Å². The Balaban J connectivity index is 2.59. The Morgan fingerprint density at radius 1 is 1.41 bits per heavy atom. The summed E-state index contributed by atoms with van der Waals surface area (Å²) in [5.74, 6) is 0. The maximum atomic E-state index is 11.6. The fourth-order valence-electron chi connectivity index (χ4n) is 1.84. The van der Waals surface area contributed by atoms with Gasteiger partial charge in [0.05, 0.1) is 4.92 Å². The first-order chi connectivity index (χ1) is 10.1. The molecule has 0 aliphatic heterocycles. The lowest BCUT2D eigenvalue weighted by molar-refractivity contribution is -0.385. The van der Waals surface area contributed by atoms with E-state index in [4.69, 9.17) is 4.74 Å². The molecule has 0 saturated carbocycles. The Kier molecular flexibility index (Phi) is 5.73. The lowest BCUT2D eigenvalue weighted by Gasteiger charge is -2.21. The number of nitrogens with zero attached hydrogens (tertiary/aromatic N) is 1. The van der Waals surface area contributed by atoms with Crippen LogP contribution in [0.5, 0.6) is 0 Å². The first-order valence-corrected chi connectivity index (χ1v) is 7.07. The zero-order chi connectivity index (χ0) is 16.9. The second-order valence-corrected chi connectivity index (χ2v) is 6.13. The van der Waals surface area contributed by atoms with Gasteiger partial charge in [-0.15, -0.1) is 0 Å². The van der Waals surface area contributed by atoms with E-state index in [0.29, 0.717) is 17.8 Å². The number of rotatable bonds is 5. The molecule has 7 heteroatoms. The van der Waals surface area contributed by atoms with Gasteiger partial charge in [-0.1, -0.05) is 6.07 Å². The second-order valence-electron chi connectivity index (χ2n) is 6.13. The Labute approximate surface area is 130 Å². The topological polar surface area (TPSA) is 93.5 Å². The zero-order valence-corrected chi connectivity index (χ0v) is 13.6. The van der Waals surface area contributed by atoms with E-state index >= 15 is 0 Å². The quantitative estimate of drug-likeness (QED) is 0.643. The summed E-state index contributed by atoms with van der Waals surface area (Å²) < 4.78 is 5.15.